The van der Waals surface area contributed by atoms with Crippen molar-refractivity contribution in [2.24, 2.45) is 11.6 Å². The molecule has 23 heavy (non-hydrogen) atoms. The van der Waals surface area contributed by atoms with Gasteiger partial charge in [-0.1, -0.05) is 6.07 Å². The fourth-order valence-corrected chi connectivity index (χ4v) is 2.00. The van der Waals surface area contributed by atoms with Gasteiger partial charge in [0.15, 0.2) is 0 Å². The Morgan fingerprint density at radius 3 is 2.70 bits per heavy atom. The summed E-state index contributed by atoms with van der Waals surface area (Å²) in [4.78, 5) is 15.1. The molecule has 1 aromatic heterocycles. The van der Waals surface area contributed by atoms with E-state index in [0.717, 1.165) is 5.56 Å². The number of hydrazine groups is 1. The van der Waals surface area contributed by atoms with Crippen LogP contribution in [-0.4, -0.2) is 23.2 Å². The third-order valence-corrected chi connectivity index (χ3v) is 3.29. The minimum absolute atomic E-state index is 0.149. The van der Waals surface area contributed by atoms with Crippen molar-refractivity contribution in [3.05, 3.63) is 59.5 Å². The molecule has 0 amide bonds. The normalized spacial score (nSPS) is 11.2. The van der Waals surface area contributed by atoms with Gasteiger partial charge in [-0.05, 0) is 30.7 Å². The number of pyridine rings is 1. The highest BCUT2D eigenvalue weighted by Crippen LogP contribution is 2.22. The monoisotopic (exact) mass is 314 g/mol. The lowest BCUT2D eigenvalue weighted by atomic mass is 10.1. The fourth-order valence-electron chi connectivity index (χ4n) is 2.00. The number of nitrogens with zero attached hydrogens (tertiary/aromatic N) is 2. The van der Waals surface area contributed by atoms with Crippen molar-refractivity contribution in [1.82, 2.24) is 4.98 Å². The van der Waals surface area contributed by atoms with Gasteiger partial charge in [0, 0.05) is 18.0 Å². The molecule has 2 aromatic rings. The summed E-state index contributed by atoms with van der Waals surface area (Å²) in [5.74, 6) is 5.56. The van der Waals surface area contributed by atoms with Crippen molar-refractivity contribution in [2.75, 3.05) is 12.1 Å². The molecule has 0 aliphatic rings. The molecule has 1 heterocycles. The van der Waals surface area contributed by atoms with Crippen LogP contribution in [0, 0.1) is 6.92 Å². The zero-order valence-corrected chi connectivity index (χ0v) is 12.9. The minimum Gasteiger partial charge on any atom is -0.495 e. The quantitative estimate of drug-likeness (QED) is 0.568. The van der Waals surface area contributed by atoms with E-state index in [-0.39, 0.29) is 5.56 Å². The van der Waals surface area contributed by atoms with Crippen molar-refractivity contribution in [2.45, 2.75) is 6.92 Å². The molecule has 0 atom stereocenters. The fraction of sp³-hybridized carbons (Fsp3) is 0.125. The highest BCUT2D eigenvalue weighted by atomic mass is 16.5. The summed E-state index contributed by atoms with van der Waals surface area (Å²) in [6, 6.07) is 6.43. The number of methoxy groups -OCH3 is 1. The molecule has 0 spiro atoms. The SMILES string of the molecule is COc1cncc(C(N)=CN(N)c2cc(C(=O)O)ccc2C)c1. The van der Waals surface area contributed by atoms with Gasteiger partial charge in [-0.2, -0.15) is 0 Å². The third-order valence-electron chi connectivity index (χ3n) is 3.29. The van der Waals surface area contributed by atoms with Crippen LogP contribution in [0.2, 0.25) is 0 Å². The molecule has 0 bridgehead atoms. The Morgan fingerprint density at radius 2 is 2.04 bits per heavy atom. The van der Waals surface area contributed by atoms with Gasteiger partial charge in [-0.15, -0.1) is 0 Å². The number of nitrogens with two attached hydrogens (primary N) is 2. The van der Waals surface area contributed by atoms with E-state index in [0.29, 0.717) is 22.7 Å². The first kappa shape index (κ1) is 16.3. The number of hydrogen-bond acceptors (Lipinski definition) is 6. The molecule has 0 aliphatic carbocycles. The predicted octanol–water partition coefficient (Wildman–Crippen LogP) is 1.73. The van der Waals surface area contributed by atoms with Crippen molar-refractivity contribution < 1.29 is 14.6 Å². The molecule has 120 valence electrons. The van der Waals surface area contributed by atoms with Gasteiger partial charge in [0.2, 0.25) is 0 Å². The van der Waals surface area contributed by atoms with Gasteiger partial charge in [0.1, 0.15) is 5.75 Å². The van der Waals surface area contributed by atoms with Crippen LogP contribution in [0.5, 0.6) is 5.75 Å². The van der Waals surface area contributed by atoms with Crippen molar-refractivity contribution in [3.63, 3.8) is 0 Å². The van der Waals surface area contributed by atoms with E-state index in [2.05, 4.69) is 4.98 Å². The van der Waals surface area contributed by atoms with Crippen LogP contribution in [0.3, 0.4) is 0 Å². The second-order valence-electron chi connectivity index (χ2n) is 4.91. The molecular weight excluding hydrogens is 296 g/mol. The first-order chi connectivity index (χ1) is 10.9. The van der Waals surface area contributed by atoms with E-state index < -0.39 is 5.97 Å². The maximum absolute atomic E-state index is 11.1. The van der Waals surface area contributed by atoms with Crippen LogP contribution in [0.15, 0.2) is 42.9 Å². The molecule has 0 fully saturated rings. The summed E-state index contributed by atoms with van der Waals surface area (Å²) in [6.07, 6.45) is 4.66. The maximum atomic E-state index is 11.1. The number of aromatic carboxylic acids is 1. The summed E-state index contributed by atoms with van der Waals surface area (Å²) in [5.41, 5.74) is 8.57. The Kier molecular flexibility index (Phi) is 4.82. The van der Waals surface area contributed by atoms with Gasteiger partial charge in [-0.25, -0.2) is 10.6 Å². The summed E-state index contributed by atoms with van der Waals surface area (Å²) in [5, 5.41) is 10.4. The number of hydrogen-bond donors (Lipinski definition) is 3. The van der Waals surface area contributed by atoms with E-state index in [1.165, 1.54) is 30.5 Å². The zero-order valence-electron chi connectivity index (χ0n) is 12.9. The van der Waals surface area contributed by atoms with E-state index in [9.17, 15) is 4.79 Å². The Bertz CT molecular complexity index is 759. The number of carboxylic acid groups (broad SMARTS) is 1. The molecular formula is C16H18N4O3. The highest BCUT2D eigenvalue weighted by Gasteiger charge is 2.10. The summed E-state index contributed by atoms with van der Waals surface area (Å²) in [7, 11) is 1.54. The Morgan fingerprint density at radius 1 is 1.30 bits per heavy atom. The molecule has 7 nitrogen and oxygen atoms in total. The number of benzene rings is 1. The van der Waals surface area contributed by atoms with Gasteiger partial charge in [0.05, 0.1) is 30.3 Å². The molecule has 7 heteroatoms. The Balaban J connectivity index is 2.34. The molecule has 0 radical (unpaired) electrons. The van der Waals surface area contributed by atoms with Gasteiger partial charge < -0.3 is 15.6 Å². The average molecular weight is 314 g/mol. The molecule has 0 aliphatic heterocycles. The standard InChI is InChI=1S/C16H18N4O3/c1-10-3-4-11(16(21)22)6-15(10)20(18)9-14(17)12-5-13(23-2)8-19-7-12/h3-9H,17-18H2,1-2H3,(H,21,22). The average Bonchev–Trinajstić information content (AvgIpc) is 2.54. The summed E-state index contributed by atoms with van der Waals surface area (Å²) < 4.78 is 5.10. The number of aromatic nitrogens is 1. The van der Waals surface area contributed by atoms with Gasteiger partial charge in [-0.3, -0.25) is 9.99 Å². The molecule has 0 saturated heterocycles. The van der Waals surface area contributed by atoms with E-state index >= 15 is 0 Å². The van der Waals surface area contributed by atoms with Gasteiger partial charge in [0.25, 0.3) is 0 Å². The van der Waals surface area contributed by atoms with E-state index in [1.54, 1.807) is 24.5 Å². The molecule has 2 rings (SSSR count). The topological polar surface area (TPSA) is 115 Å². The highest BCUT2D eigenvalue weighted by molar-refractivity contribution is 5.89. The zero-order chi connectivity index (χ0) is 17.0. The lowest BCUT2D eigenvalue weighted by molar-refractivity contribution is 0.0697. The first-order valence-electron chi connectivity index (χ1n) is 6.77. The molecule has 5 N–H and O–H groups in total. The number of ether oxygens (including phenoxy) is 1. The molecule has 0 unspecified atom stereocenters. The maximum Gasteiger partial charge on any atom is 0.335 e. The molecule has 1 aromatic carbocycles. The van der Waals surface area contributed by atoms with Crippen LogP contribution >= 0.6 is 0 Å². The van der Waals surface area contributed by atoms with Crippen LogP contribution in [0.1, 0.15) is 21.5 Å². The molecule has 0 saturated carbocycles. The minimum atomic E-state index is -1.02. The lowest BCUT2D eigenvalue weighted by Gasteiger charge is -2.18. The van der Waals surface area contributed by atoms with E-state index in [1.807, 2.05) is 6.92 Å². The van der Waals surface area contributed by atoms with Crippen LogP contribution in [0.4, 0.5) is 5.69 Å². The van der Waals surface area contributed by atoms with Gasteiger partial charge >= 0.3 is 5.97 Å². The number of aryl methyl sites for hydroxylation is 1. The third kappa shape index (κ3) is 3.78. The van der Waals surface area contributed by atoms with Crippen molar-refractivity contribution in [1.29, 1.82) is 0 Å². The lowest BCUT2D eigenvalue weighted by Crippen LogP contribution is -2.26. The van der Waals surface area contributed by atoms with Crippen molar-refractivity contribution >= 4 is 17.4 Å². The predicted molar refractivity (Wildman–Crippen MR) is 87.8 cm³/mol. The van der Waals surface area contributed by atoms with Crippen molar-refractivity contribution in [3.8, 4) is 5.75 Å². The first-order valence-corrected chi connectivity index (χ1v) is 6.77. The van der Waals surface area contributed by atoms with Crippen LogP contribution in [-0.2, 0) is 0 Å². The smallest absolute Gasteiger partial charge is 0.335 e. The summed E-state index contributed by atoms with van der Waals surface area (Å²) >= 11 is 0. The number of rotatable bonds is 5. The number of carboxylic acids is 1. The Labute approximate surface area is 133 Å². The largest absolute Gasteiger partial charge is 0.495 e. The Hall–Kier alpha value is -3.06. The number of anilines is 1. The van der Waals surface area contributed by atoms with Crippen LogP contribution in [0.25, 0.3) is 5.70 Å². The van der Waals surface area contributed by atoms with Crippen LogP contribution < -0.4 is 21.3 Å². The summed E-state index contributed by atoms with van der Waals surface area (Å²) in [6.45, 7) is 1.83. The van der Waals surface area contributed by atoms with E-state index in [4.69, 9.17) is 21.4 Å². The second-order valence-corrected chi connectivity index (χ2v) is 4.91. The number of carbonyl (C=O) groups is 1. The second kappa shape index (κ2) is 6.80.